The Kier molecular flexibility index (Phi) is 6.71. The molecule has 3 amide bonds. The summed E-state index contributed by atoms with van der Waals surface area (Å²) in [7, 11) is 0. The van der Waals surface area contributed by atoms with Gasteiger partial charge in [-0.25, -0.2) is 0 Å². The van der Waals surface area contributed by atoms with E-state index in [1.165, 1.54) is 4.90 Å². The maximum atomic E-state index is 14.3. The smallest absolute Gasteiger partial charge is 0.253 e. The summed E-state index contributed by atoms with van der Waals surface area (Å²) in [4.78, 5) is 47.4. The second-order valence-electron chi connectivity index (χ2n) is 10.4. The van der Waals surface area contributed by atoms with Crippen LogP contribution in [-0.2, 0) is 19.1 Å². The first-order chi connectivity index (χ1) is 17.7. The number of fused-ring (bicyclic) bond motifs is 2. The third kappa shape index (κ3) is 3.75. The quantitative estimate of drug-likeness (QED) is 0.575. The topological polar surface area (TPSA) is 90.4 Å². The van der Waals surface area contributed by atoms with Crippen molar-refractivity contribution in [2.75, 3.05) is 31.1 Å². The summed E-state index contributed by atoms with van der Waals surface area (Å²) in [6.45, 7) is 6.68. The molecule has 8 nitrogen and oxygen atoms in total. The Hall–Kier alpha value is -2.68. The molecule has 0 bridgehead atoms. The number of benzene rings is 1. The average Bonchev–Trinajstić information content (AvgIpc) is 3.20. The van der Waals surface area contributed by atoms with Gasteiger partial charge in [-0.15, -0.1) is 0 Å². The third-order valence-electron chi connectivity index (χ3n) is 8.33. The lowest BCUT2D eigenvalue weighted by molar-refractivity contribution is -0.152. The largest absolute Gasteiger partial charge is 0.394 e. The highest BCUT2D eigenvalue weighted by Gasteiger charge is 2.75. The van der Waals surface area contributed by atoms with Crippen LogP contribution in [0.15, 0.2) is 48.6 Å². The van der Waals surface area contributed by atoms with Gasteiger partial charge in [0.15, 0.2) is 0 Å². The van der Waals surface area contributed by atoms with Crippen molar-refractivity contribution in [3.05, 3.63) is 53.6 Å². The lowest BCUT2D eigenvalue weighted by Crippen LogP contribution is -2.58. The Morgan fingerprint density at radius 1 is 1.03 bits per heavy atom. The number of hydrogen-bond donors (Lipinski definition) is 1. The molecule has 1 unspecified atom stereocenters. The molecule has 198 valence electrons. The average molecular weight is 528 g/mol. The lowest BCUT2D eigenvalue weighted by atomic mass is 9.73. The number of aliphatic hydroxyl groups excluding tert-OH is 1. The van der Waals surface area contributed by atoms with Gasteiger partial charge in [-0.1, -0.05) is 49.8 Å². The van der Waals surface area contributed by atoms with Gasteiger partial charge < -0.3 is 24.5 Å². The molecule has 4 aliphatic rings. The van der Waals surface area contributed by atoms with Gasteiger partial charge in [-0.05, 0) is 44.0 Å². The Balaban J connectivity index is 1.67. The molecule has 9 heteroatoms. The molecule has 0 saturated carbocycles. The van der Waals surface area contributed by atoms with Crippen LogP contribution in [0, 0.1) is 11.8 Å². The number of anilines is 1. The van der Waals surface area contributed by atoms with E-state index in [1.807, 2.05) is 38.2 Å². The van der Waals surface area contributed by atoms with Gasteiger partial charge in [0.1, 0.15) is 11.6 Å². The van der Waals surface area contributed by atoms with E-state index in [0.29, 0.717) is 30.2 Å². The number of nitrogens with zero attached hydrogens (tertiary/aromatic N) is 3. The Morgan fingerprint density at radius 2 is 1.73 bits per heavy atom. The number of rotatable bonds is 6. The van der Waals surface area contributed by atoms with Gasteiger partial charge in [-0.2, -0.15) is 0 Å². The van der Waals surface area contributed by atoms with Crippen LogP contribution in [0.3, 0.4) is 0 Å². The van der Waals surface area contributed by atoms with Crippen LogP contribution in [0.5, 0.6) is 0 Å². The first-order valence-electron chi connectivity index (χ1n) is 13.1. The van der Waals surface area contributed by atoms with Crippen LogP contribution in [0.4, 0.5) is 5.69 Å². The monoisotopic (exact) mass is 527 g/mol. The van der Waals surface area contributed by atoms with E-state index >= 15 is 0 Å². The number of aliphatic hydroxyl groups is 1. The summed E-state index contributed by atoms with van der Waals surface area (Å²) in [5.74, 6) is -2.42. The summed E-state index contributed by atoms with van der Waals surface area (Å²) < 4.78 is 6.91. The second kappa shape index (κ2) is 9.57. The number of halogens is 1. The fraction of sp³-hybridized carbons (Fsp3) is 0.536. The van der Waals surface area contributed by atoms with Crippen molar-refractivity contribution in [2.45, 2.75) is 56.9 Å². The zero-order valence-corrected chi connectivity index (χ0v) is 22.2. The summed E-state index contributed by atoms with van der Waals surface area (Å²) >= 11 is 6.08. The van der Waals surface area contributed by atoms with Crippen molar-refractivity contribution in [2.24, 2.45) is 11.8 Å². The minimum Gasteiger partial charge on any atom is -0.394 e. The van der Waals surface area contributed by atoms with Gasteiger partial charge >= 0.3 is 0 Å². The molecule has 0 radical (unpaired) electrons. The number of hydrogen-bond acceptors (Lipinski definition) is 5. The molecule has 1 aromatic carbocycles. The van der Waals surface area contributed by atoms with Crippen molar-refractivity contribution in [3.8, 4) is 0 Å². The molecule has 1 aromatic rings. The van der Waals surface area contributed by atoms with Crippen LogP contribution in [0.2, 0.25) is 5.02 Å². The highest BCUT2D eigenvalue weighted by molar-refractivity contribution is 6.30. The van der Waals surface area contributed by atoms with E-state index in [4.69, 9.17) is 16.3 Å². The number of likely N-dealkylation sites (tertiary alicyclic amines) is 1. The number of carbonyl (C=O) groups excluding carboxylic acids is 3. The molecule has 0 aromatic heterocycles. The number of carbonyl (C=O) groups is 3. The number of amides is 3. The molecular weight excluding hydrogens is 494 g/mol. The molecule has 1 N–H and O–H groups in total. The molecule has 2 saturated heterocycles. The standard InChI is InChI=1S/C28H34ClN3O5/c1-4-14-30-15-6-12-27(5-2)21(24(30)34)22-25(35)32(18(3)17-33)23-26(36)31(16-7-13-28(22,23)37-27)20-10-8-19(29)9-11-20/h6-13,18,21-23,33H,4-5,14-17H2,1-3H3/t18-,21-,22+,23?,27+,28+/m1/s1. The highest BCUT2D eigenvalue weighted by atomic mass is 35.5. The predicted octanol–water partition coefficient (Wildman–Crippen LogP) is 2.79. The Bertz CT molecular complexity index is 1150. The zero-order valence-electron chi connectivity index (χ0n) is 21.5. The molecule has 5 rings (SSSR count). The van der Waals surface area contributed by atoms with Crippen molar-refractivity contribution in [3.63, 3.8) is 0 Å². The number of ether oxygens (including phenoxy) is 1. The maximum absolute atomic E-state index is 14.3. The summed E-state index contributed by atoms with van der Waals surface area (Å²) in [6.07, 6.45) is 8.84. The van der Waals surface area contributed by atoms with Crippen molar-refractivity contribution < 1.29 is 24.2 Å². The summed E-state index contributed by atoms with van der Waals surface area (Å²) in [6, 6.07) is 5.30. The molecule has 2 fully saturated rings. The Labute approximate surface area is 222 Å². The normalized spacial score (nSPS) is 33.8. The Morgan fingerprint density at radius 3 is 2.38 bits per heavy atom. The second-order valence-corrected chi connectivity index (χ2v) is 10.8. The van der Waals surface area contributed by atoms with Crippen molar-refractivity contribution in [1.82, 2.24) is 9.80 Å². The van der Waals surface area contributed by atoms with E-state index in [-0.39, 0.29) is 30.9 Å². The third-order valence-corrected chi connectivity index (χ3v) is 8.58. The van der Waals surface area contributed by atoms with Crippen molar-refractivity contribution >= 4 is 35.0 Å². The zero-order chi connectivity index (χ0) is 26.5. The highest BCUT2D eigenvalue weighted by Crippen LogP contribution is 2.59. The van der Waals surface area contributed by atoms with Gasteiger partial charge in [0.2, 0.25) is 11.8 Å². The van der Waals surface area contributed by atoms with Gasteiger partial charge in [0, 0.05) is 30.3 Å². The van der Waals surface area contributed by atoms with Crippen LogP contribution in [0.25, 0.3) is 0 Å². The molecular formula is C28H34ClN3O5. The minimum atomic E-state index is -1.34. The SMILES string of the molecule is CCCN1CC=C[C@]2(CC)O[C@]34C=CCN(c5ccc(Cl)cc5)C(=O)C3N([C@H](C)CO)C(=O)[C@@H]4[C@@H]2C1=O. The fourth-order valence-electron chi connectivity index (χ4n) is 6.64. The van der Waals surface area contributed by atoms with Gasteiger partial charge in [0.05, 0.1) is 30.1 Å². The fourth-order valence-corrected chi connectivity index (χ4v) is 6.76. The van der Waals surface area contributed by atoms with Crippen LogP contribution >= 0.6 is 11.6 Å². The van der Waals surface area contributed by atoms with Gasteiger partial charge in [-0.3, -0.25) is 14.4 Å². The van der Waals surface area contributed by atoms with Gasteiger partial charge in [0.25, 0.3) is 5.91 Å². The van der Waals surface area contributed by atoms with Crippen LogP contribution in [-0.4, -0.2) is 82.2 Å². The molecule has 4 heterocycles. The predicted molar refractivity (Wildman–Crippen MR) is 140 cm³/mol. The first-order valence-corrected chi connectivity index (χ1v) is 13.5. The maximum Gasteiger partial charge on any atom is 0.253 e. The first kappa shape index (κ1) is 25.9. The van der Waals surface area contributed by atoms with E-state index in [0.717, 1.165) is 6.42 Å². The van der Waals surface area contributed by atoms with E-state index < -0.39 is 35.1 Å². The molecule has 4 aliphatic heterocycles. The van der Waals surface area contributed by atoms with E-state index in [9.17, 15) is 19.5 Å². The molecule has 37 heavy (non-hydrogen) atoms. The van der Waals surface area contributed by atoms with Crippen LogP contribution < -0.4 is 4.90 Å². The molecule has 1 spiro atoms. The summed E-state index contributed by atoms with van der Waals surface area (Å²) in [5.41, 5.74) is -1.70. The summed E-state index contributed by atoms with van der Waals surface area (Å²) in [5, 5.41) is 10.6. The van der Waals surface area contributed by atoms with Crippen LogP contribution in [0.1, 0.15) is 33.6 Å². The van der Waals surface area contributed by atoms with Crippen molar-refractivity contribution in [1.29, 1.82) is 0 Å². The minimum absolute atomic E-state index is 0.124. The van der Waals surface area contributed by atoms with E-state index in [2.05, 4.69) is 0 Å². The van der Waals surface area contributed by atoms with E-state index in [1.54, 1.807) is 41.0 Å². The molecule has 0 aliphatic carbocycles. The lowest BCUT2D eigenvalue weighted by Gasteiger charge is -2.40. The molecule has 6 atom stereocenters.